The van der Waals surface area contributed by atoms with Gasteiger partial charge in [0.1, 0.15) is 0 Å². The fourth-order valence-electron chi connectivity index (χ4n) is 4.78. The van der Waals surface area contributed by atoms with Crippen molar-refractivity contribution in [1.29, 1.82) is 0 Å². The Labute approximate surface area is 170 Å². The van der Waals surface area contributed by atoms with Gasteiger partial charge in [-0.1, -0.05) is 17.7 Å². The second kappa shape index (κ2) is 8.08. The molecule has 2 aliphatic heterocycles. The van der Waals surface area contributed by atoms with Crippen molar-refractivity contribution in [2.45, 2.75) is 56.5 Å². The van der Waals surface area contributed by atoms with Gasteiger partial charge >= 0.3 is 0 Å². The summed E-state index contributed by atoms with van der Waals surface area (Å²) in [5.74, 6) is 0.671. The third kappa shape index (κ3) is 4.02. The third-order valence-corrected chi connectivity index (χ3v) is 7.36. The molecule has 146 valence electrons. The summed E-state index contributed by atoms with van der Waals surface area (Å²) >= 11 is 8.23. The number of hydrogen-bond acceptors (Lipinski definition) is 5. The average Bonchev–Trinajstić information content (AvgIpc) is 3.07. The molecule has 6 heteroatoms. The number of piperidine rings is 1. The van der Waals surface area contributed by atoms with Gasteiger partial charge in [0.15, 0.2) is 0 Å². The molecular formula is C21H27ClN2O2S. The van der Waals surface area contributed by atoms with E-state index in [2.05, 4.69) is 24.4 Å². The number of nitrogens with zero attached hydrogens (tertiary/aromatic N) is 1. The zero-order chi connectivity index (χ0) is 18.9. The van der Waals surface area contributed by atoms with Crippen molar-refractivity contribution >= 4 is 22.9 Å². The molecule has 0 aromatic carbocycles. The summed E-state index contributed by atoms with van der Waals surface area (Å²) in [5.41, 5.74) is 2.56. The van der Waals surface area contributed by atoms with E-state index in [0.29, 0.717) is 11.9 Å². The number of ether oxygens (including phenoxy) is 2. The molecule has 4 heterocycles. The van der Waals surface area contributed by atoms with Crippen LogP contribution in [-0.4, -0.2) is 31.3 Å². The van der Waals surface area contributed by atoms with E-state index in [0.717, 1.165) is 55.3 Å². The van der Waals surface area contributed by atoms with Crippen molar-refractivity contribution in [2.24, 2.45) is 0 Å². The molecular weight excluding hydrogens is 380 g/mol. The first kappa shape index (κ1) is 19.2. The Morgan fingerprint density at radius 1 is 1.33 bits per heavy atom. The number of rotatable bonds is 2. The van der Waals surface area contributed by atoms with Crippen LogP contribution >= 0.6 is 22.9 Å². The lowest BCUT2D eigenvalue weighted by atomic mass is 9.68. The van der Waals surface area contributed by atoms with Gasteiger partial charge in [0, 0.05) is 29.0 Å². The molecule has 0 radical (unpaired) electrons. The minimum atomic E-state index is 0.126. The highest BCUT2D eigenvalue weighted by Gasteiger charge is 2.43. The summed E-state index contributed by atoms with van der Waals surface area (Å²) in [6.45, 7) is 3.91. The standard InChI is InChI=1S/C21H27ClN2O2S/c1-14-12-21(13-17(23-14)16-5-3-6-19(24-16)25-2)8-4-9-26-10-7-15-11-18(22)27-20(15)21/h3,5-6,11,14,17,23H,4,7-10,12-13H2,1-2H3. The number of nitrogens with one attached hydrogen (secondary N) is 1. The lowest BCUT2D eigenvalue weighted by molar-refractivity contribution is 0.123. The van der Waals surface area contributed by atoms with Crippen molar-refractivity contribution in [3.63, 3.8) is 0 Å². The van der Waals surface area contributed by atoms with Crippen LogP contribution in [-0.2, 0) is 16.6 Å². The van der Waals surface area contributed by atoms with Gasteiger partial charge in [-0.25, -0.2) is 4.98 Å². The number of fused-ring (bicyclic) bond motifs is 2. The molecule has 1 fully saturated rings. The molecule has 0 saturated carbocycles. The average molecular weight is 407 g/mol. The second-order valence-electron chi connectivity index (χ2n) is 7.78. The summed E-state index contributed by atoms with van der Waals surface area (Å²) < 4.78 is 12.1. The van der Waals surface area contributed by atoms with Gasteiger partial charge in [-0.3, -0.25) is 0 Å². The minimum Gasteiger partial charge on any atom is -0.481 e. The van der Waals surface area contributed by atoms with Crippen molar-refractivity contribution in [1.82, 2.24) is 10.3 Å². The largest absolute Gasteiger partial charge is 0.481 e. The number of methoxy groups -OCH3 is 1. The van der Waals surface area contributed by atoms with Gasteiger partial charge in [-0.15, -0.1) is 11.3 Å². The van der Waals surface area contributed by atoms with Gasteiger partial charge < -0.3 is 14.8 Å². The highest BCUT2D eigenvalue weighted by Crippen LogP contribution is 2.50. The van der Waals surface area contributed by atoms with E-state index in [-0.39, 0.29) is 11.5 Å². The quantitative estimate of drug-likeness (QED) is 0.769. The molecule has 0 aliphatic carbocycles. The molecule has 1 N–H and O–H groups in total. The molecule has 4 rings (SSSR count). The normalized spacial score (nSPS) is 28.9. The maximum Gasteiger partial charge on any atom is 0.213 e. The molecule has 0 bridgehead atoms. The van der Waals surface area contributed by atoms with Crippen LogP contribution in [0.5, 0.6) is 5.88 Å². The molecule has 4 nitrogen and oxygen atoms in total. The number of pyridine rings is 1. The van der Waals surface area contributed by atoms with Crippen molar-refractivity contribution in [2.75, 3.05) is 20.3 Å². The van der Waals surface area contributed by atoms with Crippen molar-refractivity contribution < 1.29 is 9.47 Å². The molecule has 2 aromatic heterocycles. The van der Waals surface area contributed by atoms with Gasteiger partial charge in [-0.2, -0.15) is 0 Å². The molecule has 2 aliphatic rings. The molecule has 27 heavy (non-hydrogen) atoms. The Bertz CT molecular complexity index is 796. The third-order valence-electron chi connectivity index (χ3n) is 5.81. The van der Waals surface area contributed by atoms with Gasteiger partial charge in [0.05, 0.1) is 29.8 Å². The smallest absolute Gasteiger partial charge is 0.213 e. The molecule has 3 atom stereocenters. The first-order chi connectivity index (χ1) is 13.1. The second-order valence-corrected chi connectivity index (χ2v) is 9.47. The van der Waals surface area contributed by atoms with E-state index in [1.54, 1.807) is 18.4 Å². The molecule has 3 unspecified atom stereocenters. The van der Waals surface area contributed by atoms with Crippen molar-refractivity contribution in [3.05, 3.63) is 44.7 Å². The number of aromatic nitrogens is 1. The van der Waals surface area contributed by atoms with Crippen LogP contribution in [0.15, 0.2) is 24.3 Å². The lowest BCUT2D eigenvalue weighted by Crippen LogP contribution is -2.47. The number of halogens is 1. The maximum atomic E-state index is 6.46. The Hall–Kier alpha value is -1.14. The van der Waals surface area contributed by atoms with Crippen LogP contribution in [0.1, 0.15) is 54.8 Å². The summed E-state index contributed by atoms with van der Waals surface area (Å²) in [6.07, 6.45) is 5.31. The molecule has 1 saturated heterocycles. The van der Waals surface area contributed by atoms with E-state index < -0.39 is 0 Å². The predicted octanol–water partition coefficient (Wildman–Crippen LogP) is 4.91. The van der Waals surface area contributed by atoms with Crippen molar-refractivity contribution in [3.8, 4) is 5.88 Å². The van der Waals surface area contributed by atoms with Crippen LogP contribution in [0.3, 0.4) is 0 Å². The SMILES string of the molecule is COc1cccc(C2CC3(CCCOCCc4cc(Cl)sc43)CC(C)N2)n1. The molecule has 2 aromatic rings. The Morgan fingerprint density at radius 2 is 2.22 bits per heavy atom. The van der Waals surface area contributed by atoms with Gasteiger partial charge in [0.2, 0.25) is 5.88 Å². The topological polar surface area (TPSA) is 43.4 Å². The summed E-state index contributed by atoms with van der Waals surface area (Å²) in [5, 5.41) is 3.77. The van der Waals surface area contributed by atoms with E-state index in [4.69, 9.17) is 26.1 Å². The maximum absolute atomic E-state index is 6.46. The van der Waals surface area contributed by atoms with E-state index >= 15 is 0 Å². The Kier molecular flexibility index (Phi) is 5.74. The van der Waals surface area contributed by atoms with Crippen LogP contribution in [0, 0.1) is 0 Å². The van der Waals surface area contributed by atoms with Crippen LogP contribution in [0.25, 0.3) is 0 Å². The first-order valence-corrected chi connectivity index (χ1v) is 10.9. The monoisotopic (exact) mass is 406 g/mol. The van der Waals surface area contributed by atoms with Gasteiger partial charge in [0.25, 0.3) is 0 Å². The Balaban J connectivity index is 1.73. The summed E-state index contributed by atoms with van der Waals surface area (Å²) in [7, 11) is 1.67. The Morgan fingerprint density at radius 3 is 3.07 bits per heavy atom. The minimum absolute atomic E-state index is 0.126. The fourth-order valence-corrected chi connectivity index (χ4v) is 6.32. The zero-order valence-electron chi connectivity index (χ0n) is 16.0. The highest BCUT2D eigenvalue weighted by atomic mass is 35.5. The summed E-state index contributed by atoms with van der Waals surface area (Å²) in [6, 6.07) is 8.81. The summed E-state index contributed by atoms with van der Waals surface area (Å²) in [4.78, 5) is 6.19. The number of hydrogen-bond donors (Lipinski definition) is 1. The van der Waals surface area contributed by atoms with E-state index in [1.165, 1.54) is 10.4 Å². The van der Waals surface area contributed by atoms with Crippen LogP contribution < -0.4 is 10.1 Å². The number of thiophene rings is 1. The van der Waals surface area contributed by atoms with E-state index in [9.17, 15) is 0 Å². The van der Waals surface area contributed by atoms with E-state index in [1.807, 2.05) is 12.1 Å². The lowest BCUT2D eigenvalue weighted by Gasteiger charge is -2.44. The molecule has 1 spiro atoms. The predicted molar refractivity (Wildman–Crippen MR) is 110 cm³/mol. The zero-order valence-corrected chi connectivity index (χ0v) is 17.5. The highest BCUT2D eigenvalue weighted by molar-refractivity contribution is 7.16. The van der Waals surface area contributed by atoms with Crippen LogP contribution in [0.2, 0.25) is 4.34 Å². The molecule has 0 amide bonds. The first-order valence-electron chi connectivity index (χ1n) is 9.73. The fraction of sp³-hybridized carbons (Fsp3) is 0.571. The van der Waals surface area contributed by atoms with Gasteiger partial charge in [-0.05, 0) is 56.7 Å². The van der Waals surface area contributed by atoms with Crippen LogP contribution in [0.4, 0.5) is 0 Å².